The molecule has 0 aliphatic rings. The number of hydrogen-bond acceptors (Lipinski definition) is 2. The number of nitrogens with two attached hydrogens (primary N) is 1. The largest absolute Gasteiger partial charge is 0.274 e. The van der Waals surface area contributed by atoms with Crippen molar-refractivity contribution in [2.45, 2.75) is 25.8 Å². The molecule has 0 aromatic heterocycles. The van der Waals surface area contributed by atoms with E-state index in [1.54, 1.807) is 0 Å². The number of hydrogen-bond donors (Lipinski definition) is 2. The lowest BCUT2D eigenvalue weighted by atomic mass is 10.0. The van der Waals surface area contributed by atoms with E-state index in [4.69, 9.17) is 5.14 Å². The Morgan fingerprint density at radius 1 is 1.33 bits per heavy atom. The third-order valence-corrected chi connectivity index (χ3v) is 2.70. The zero-order chi connectivity index (χ0) is 11.3. The molecule has 0 radical (unpaired) electrons. The molecule has 84 valence electrons. The molecule has 4 nitrogen and oxygen atoms in total. The molecule has 1 atom stereocenters. The van der Waals surface area contributed by atoms with Gasteiger partial charge >= 0.3 is 0 Å². The van der Waals surface area contributed by atoms with E-state index in [1.807, 2.05) is 37.3 Å². The third-order valence-electron chi connectivity index (χ3n) is 2.09. The fraction of sp³-hybridized carbons (Fsp3) is 0.400. The van der Waals surface area contributed by atoms with Crippen LogP contribution in [-0.2, 0) is 10.2 Å². The Kier molecular flexibility index (Phi) is 4.26. The summed E-state index contributed by atoms with van der Waals surface area (Å²) in [6, 6.07) is 9.19. The first kappa shape index (κ1) is 12.2. The highest BCUT2D eigenvalue weighted by Gasteiger charge is 2.14. The molecule has 0 aliphatic heterocycles. The minimum Gasteiger partial charge on any atom is -0.216 e. The summed E-state index contributed by atoms with van der Waals surface area (Å²) in [5.41, 5.74) is 0.938. The normalized spacial score (nSPS) is 13.7. The Bertz CT molecular complexity index is 389. The molecule has 0 fully saturated rings. The quantitative estimate of drug-likeness (QED) is 0.797. The highest BCUT2D eigenvalue weighted by atomic mass is 32.2. The Balaban J connectivity index is 2.84. The van der Waals surface area contributed by atoms with Crippen LogP contribution < -0.4 is 9.86 Å². The van der Waals surface area contributed by atoms with Crippen molar-refractivity contribution in [2.24, 2.45) is 5.14 Å². The van der Waals surface area contributed by atoms with Crippen LogP contribution in [0.25, 0.3) is 0 Å². The van der Waals surface area contributed by atoms with Crippen LogP contribution in [0.3, 0.4) is 0 Å². The molecule has 0 amide bonds. The molecule has 0 bridgehead atoms. The smallest absolute Gasteiger partial charge is 0.216 e. The highest BCUT2D eigenvalue weighted by Crippen LogP contribution is 2.18. The zero-order valence-corrected chi connectivity index (χ0v) is 9.50. The molecule has 0 aliphatic carbocycles. The summed E-state index contributed by atoms with van der Waals surface area (Å²) in [7, 11) is -3.64. The van der Waals surface area contributed by atoms with Crippen LogP contribution in [0.2, 0.25) is 0 Å². The first-order chi connectivity index (χ1) is 7.03. The van der Waals surface area contributed by atoms with Gasteiger partial charge in [-0.3, -0.25) is 0 Å². The first-order valence-electron chi connectivity index (χ1n) is 4.88. The van der Waals surface area contributed by atoms with E-state index in [9.17, 15) is 8.42 Å². The fourth-order valence-electron chi connectivity index (χ4n) is 1.47. The van der Waals surface area contributed by atoms with Crippen molar-refractivity contribution < 1.29 is 8.42 Å². The van der Waals surface area contributed by atoms with Gasteiger partial charge in [0.15, 0.2) is 0 Å². The van der Waals surface area contributed by atoms with Crippen LogP contribution in [0.1, 0.15) is 31.4 Å². The molecule has 0 spiro atoms. The summed E-state index contributed by atoms with van der Waals surface area (Å²) in [4.78, 5) is 0. The topological polar surface area (TPSA) is 72.2 Å². The van der Waals surface area contributed by atoms with Crippen LogP contribution in [0.4, 0.5) is 0 Å². The molecule has 0 saturated heterocycles. The lowest BCUT2D eigenvalue weighted by Gasteiger charge is -2.16. The van der Waals surface area contributed by atoms with Gasteiger partial charge in [-0.05, 0) is 12.0 Å². The maximum Gasteiger partial charge on any atom is 0.274 e. The second kappa shape index (κ2) is 5.25. The Hall–Kier alpha value is -0.910. The number of benzene rings is 1. The van der Waals surface area contributed by atoms with Crippen LogP contribution >= 0.6 is 0 Å². The van der Waals surface area contributed by atoms with Crippen molar-refractivity contribution in [3.05, 3.63) is 35.9 Å². The van der Waals surface area contributed by atoms with Crippen molar-refractivity contribution >= 4 is 10.2 Å². The molecule has 3 N–H and O–H groups in total. The summed E-state index contributed by atoms with van der Waals surface area (Å²) in [5, 5.41) is 4.97. The molecule has 1 aromatic rings. The number of nitrogens with one attached hydrogen (secondary N) is 1. The van der Waals surface area contributed by atoms with Crippen LogP contribution in [0.15, 0.2) is 30.3 Å². The molecule has 1 rings (SSSR count). The predicted octanol–water partition coefficient (Wildman–Crippen LogP) is 1.32. The molecule has 5 heteroatoms. The number of rotatable bonds is 5. The van der Waals surface area contributed by atoms with Crippen LogP contribution in [-0.4, -0.2) is 8.42 Å². The minimum atomic E-state index is -3.64. The SMILES string of the molecule is CCCC(NS(N)(=O)=O)c1ccccc1. The minimum absolute atomic E-state index is 0.230. The Morgan fingerprint density at radius 2 is 1.93 bits per heavy atom. The molecular weight excluding hydrogens is 212 g/mol. The van der Waals surface area contributed by atoms with Gasteiger partial charge in [-0.2, -0.15) is 13.1 Å². The van der Waals surface area contributed by atoms with Crippen molar-refractivity contribution in [3.63, 3.8) is 0 Å². The van der Waals surface area contributed by atoms with Crippen LogP contribution in [0, 0.1) is 0 Å². The second-order valence-electron chi connectivity index (χ2n) is 3.41. The van der Waals surface area contributed by atoms with E-state index < -0.39 is 10.2 Å². The Labute approximate surface area is 90.7 Å². The van der Waals surface area contributed by atoms with E-state index in [0.29, 0.717) is 0 Å². The van der Waals surface area contributed by atoms with Gasteiger partial charge in [0.2, 0.25) is 0 Å². The van der Waals surface area contributed by atoms with Crippen molar-refractivity contribution in [1.29, 1.82) is 0 Å². The molecule has 1 unspecified atom stereocenters. The van der Waals surface area contributed by atoms with Gasteiger partial charge in [0.05, 0.1) is 0 Å². The maximum atomic E-state index is 11.0. The van der Waals surface area contributed by atoms with E-state index in [-0.39, 0.29) is 6.04 Å². The molecular formula is C10H16N2O2S. The Morgan fingerprint density at radius 3 is 2.40 bits per heavy atom. The summed E-state index contributed by atoms with van der Waals surface area (Å²) < 4.78 is 24.3. The maximum absolute atomic E-state index is 11.0. The monoisotopic (exact) mass is 228 g/mol. The van der Waals surface area contributed by atoms with Gasteiger partial charge in [0.25, 0.3) is 10.2 Å². The summed E-state index contributed by atoms with van der Waals surface area (Å²) in [6.07, 6.45) is 1.63. The molecule has 1 aromatic carbocycles. The van der Waals surface area contributed by atoms with E-state index in [1.165, 1.54) is 0 Å². The van der Waals surface area contributed by atoms with E-state index in [2.05, 4.69) is 4.72 Å². The first-order valence-corrected chi connectivity index (χ1v) is 6.42. The lowest BCUT2D eigenvalue weighted by Crippen LogP contribution is -2.34. The zero-order valence-electron chi connectivity index (χ0n) is 8.68. The van der Waals surface area contributed by atoms with E-state index in [0.717, 1.165) is 18.4 Å². The lowest BCUT2D eigenvalue weighted by molar-refractivity contribution is 0.537. The van der Waals surface area contributed by atoms with Gasteiger partial charge in [0.1, 0.15) is 0 Å². The van der Waals surface area contributed by atoms with Gasteiger partial charge in [-0.25, -0.2) is 5.14 Å². The molecule has 0 saturated carbocycles. The van der Waals surface area contributed by atoms with Crippen molar-refractivity contribution in [3.8, 4) is 0 Å². The van der Waals surface area contributed by atoms with Crippen molar-refractivity contribution in [2.75, 3.05) is 0 Å². The van der Waals surface area contributed by atoms with Gasteiger partial charge < -0.3 is 0 Å². The van der Waals surface area contributed by atoms with Gasteiger partial charge in [-0.1, -0.05) is 43.7 Å². The third kappa shape index (κ3) is 4.42. The van der Waals surface area contributed by atoms with Gasteiger partial charge in [-0.15, -0.1) is 0 Å². The highest BCUT2D eigenvalue weighted by molar-refractivity contribution is 7.87. The predicted molar refractivity (Wildman–Crippen MR) is 60.3 cm³/mol. The second-order valence-corrected chi connectivity index (χ2v) is 4.74. The average Bonchev–Trinajstić information content (AvgIpc) is 2.17. The van der Waals surface area contributed by atoms with Gasteiger partial charge in [0, 0.05) is 6.04 Å². The molecule has 15 heavy (non-hydrogen) atoms. The van der Waals surface area contributed by atoms with Crippen molar-refractivity contribution in [1.82, 2.24) is 4.72 Å². The van der Waals surface area contributed by atoms with Crippen LogP contribution in [0.5, 0.6) is 0 Å². The van der Waals surface area contributed by atoms with E-state index >= 15 is 0 Å². The summed E-state index contributed by atoms with van der Waals surface area (Å²) in [6.45, 7) is 2.00. The summed E-state index contributed by atoms with van der Waals surface area (Å²) in [5.74, 6) is 0. The average molecular weight is 228 g/mol. The standard InChI is InChI=1S/C10H16N2O2S/c1-2-6-10(12-15(11,13)14)9-7-4-3-5-8-9/h3-5,7-8,10,12H,2,6H2,1H3,(H2,11,13,14). The molecule has 0 heterocycles. The summed E-state index contributed by atoms with van der Waals surface area (Å²) >= 11 is 0. The fourth-order valence-corrected chi connectivity index (χ4v) is 2.12.